The zero-order valence-electron chi connectivity index (χ0n) is 12.5. The van der Waals surface area contributed by atoms with Crippen molar-refractivity contribution < 1.29 is 9.53 Å². The van der Waals surface area contributed by atoms with Gasteiger partial charge in [0.05, 0.1) is 19.1 Å². The van der Waals surface area contributed by atoms with Crippen LogP contribution in [0.15, 0.2) is 5.38 Å². The van der Waals surface area contributed by atoms with Gasteiger partial charge in [0, 0.05) is 37.3 Å². The van der Waals surface area contributed by atoms with Crippen molar-refractivity contribution in [1.82, 2.24) is 14.8 Å². The van der Waals surface area contributed by atoms with Gasteiger partial charge in [-0.15, -0.1) is 11.3 Å². The highest BCUT2D eigenvalue weighted by molar-refractivity contribution is 7.09. The van der Waals surface area contributed by atoms with Crippen LogP contribution in [0, 0.1) is 6.92 Å². The molecule has 112 valence electrons. The molecule has 0 spiro atoms. The van der Waals surface area contributed by atoms with Gasteiger partial charge in [0.2, 0.25) is 0 Å². The molecule has 1 unspecified atom stereocenters. The monoisotopic (exact) mass is 297 g/mol. The Labute approximate surface area is 124 Å². The van der Waals surface area contributed by atoms with E-state index in [0.29, 0.717) is 13.0 Å². The second-order valence-electron chi connectivity index (χ2n) is 5.19. The number of hydrogen-bond acceptors (Lipinski definition) is 6. The Morgan fingerprint density at radius 2 is 2.15 bits per heavy atom. The van der Waals surface area contributed by atoms with E-state index in [4.69, 9.17) is 4.74 Å². The van der Waals surface area contributed by atoms with E-state index in [1.807, 2.05) is 19.2 Å². The Hall–Kier alpha value is -0.980. The molecule has 0 aliphatic carbocycles. The lowest BCUT2D eigenvalue weighted by Gasteiger charge is -2.36. The van der Waals surface area contributed by atoms with Gasteiger partial charge in [-0.3, -0.25) is 9.69 Å². The van der Waals surface area contributed by atoms with Crippen molar-refractivity contribution in [3.8, 4) is 0 Å². The molecule has 1 aliphatic rings. The molecule has 1 aromatic heterocycles. The standard InChI is InChI=1S/C14H23N3O2S/c1-4-19-13(18)9-12(14-15-11(2)10-20-14)17-7-5-16(3)6-8-17/h10,12H,4-9H2,1-3H3. The van der Waals surface area contributed by atoms with E-state index < -0.39 is 0 Å². The van der Waals surface area contributed by atoms with Gasteiger partial charge < -0.3 is 9.64 Å². The molecule has 1 aromatic rings. The van der Waals surface area contributed by atoms with Gasteiger partial charge in [0.1, 0.15) is 5.01 Å². The van der Waals surface area contributed by atoms with Crippen LogP contribution in [0.1, 0.15) is 30.1 Å². The molecule has 0 bridgehead atoms. The van der Waals surface area contributed by atoms with Crippen LogP contribution in [0.5, 0.6) is 0 Å². The molecule has 5 nitrogen and oxygen atoms in total. The van der Waals surface area contributed by atoms with Crippen LogP contribution in [0.2, 0.25) is 0 Å². The van der Waals surface area contributed by atoms with E-state index in [-0.39, 0.29) is 12.0 Å². The minimum absolute atomic E-state index is 0.0569. The van der Waals surface area contributed by atoms with Gasteiger partial charge in [-0.2, -0.15) is 0 Å². The topological polar surface area (TPSA) is 45.7 Å². The number of ether oxygens (including phenoxy) is 1. The molecule has 0 radical (unpaired) electrons. The summed E-state index contributed by atoms with van der Waals surface area (Å²) >= 11 is 1.64. The van der Waals surface area contributed by atoms with Gasteiger partial charge in [0.15, 0.2) is 0 Å². The van der Waals surface area contributed by atoms with Gasteiger partial charge in [-0.05, 0) is 20.9 Å². The lowest BCUT2D eigenvalue weighted by Crippen LogP contribution is -2.46. The zero-order chi connectivity index (χ0) is 14.5. The van der Waals surface area contributed by atoms with Gasteiger partial charge in [-0.1, -0.05) is 0 Å². The van der Waals surface area contributed by atoms with Crippen LogP contribution in [0.4, 0.5) is 0 Å². The highest BCUT2D eigenvalue weighted by Crippen LogP contribution is 2.28. The Kier molecular flexibility index (Phi) is 5.51. The summed E-state index contributed by atoms with van der Waals surface area (Å²) in [6, 6.07) is 0.0569. The average Bonchev–Trinajstić information content (AvgIpc) is 2.84. The Morgan fingerprint density at radius 3 is 2.70 bits per heavy atom. The fraction of sp³-hybridized carbons (Fsp3) is 0.714. The first kappa shape index (κ1) is 15.4. The van der Waals surface area contributed by atoms with Crippen LogP contribution in [-0.2, 0) is 9.53 Å². The fourth-order valence-corrected chi connectivity index (χ4v) is 3.34. The molecule has 0 saturated carbocycles. The van der Waals surface area contributed by atoms with Crippen molar-refractivity contribution in [2.75, 3.05) is 39.8 Å². The smallest absolute Gasteiger partial charge is 0.307 e. The van der Waals surface area contributed by atoms with E-state index in [1.54, 1.807) is 11.3 Å². The van der Waals surface area contributed by atoms with Crippen molar-refractivity contribution in [3.63, 3.8) is 0 Å². The van der Waals surface area contributed by atoms with Crippen LogP contribution < -0.4 is 0 Å². The van der Waals surface area contributed by atoms with Gasteiger partial charge in [0.25, 0.3) is 0 Å². The highest BCUT2D eigenvalue weighted by atomic mass is 32.1. The van der Waals surface area contributed by atoms with Crippen molar-refractivity contribution in [3.05, 3.63) is 16.1 Å². The molecule has 20 heavy (non-hydrogen) atoms. The SMILES string of the molecule is CCOC(=O)CC(c1nc(C)cs1)N1CCN(C)CC1. The Morgan fingerprint density at radius 1 is 1.45 bits per heavy atom. The van der Waals surface area contributed by atoms with Crippen molar-refractivity contribution in [1.29, 1.82) is 0 Å². The summed E-state index contributed by atoms with van der Waals surface area (Å²) in [5, 5.41) is 3.07. The van der Waals surface area contributed by atoms with Gasteiger partial charge >= 0.3 is 5.97 Å². The lowest BCUT2D eigenvalue weighted by molar-refractivity contribution is -0.144. The Balaban J connectivity index is 2.09. The number of piperazine rings is 1. The van der Waals surface area contributed by atoms with Crippen molar-refractivity contribution >= 4 is 17.3 Å². The molecule has 1 aliphatic heterocycles. The highest BCUT2D eigenvalue weighted by Gasteiger charge is 2.28. The summed E-state index contributed by atoms with van der Waals surface area (Å²) in [4.78, 5) is 21.1. The molecular weight excluding hydrogens is 274 g/mol. The molecule has 2 rings (SSSR count). The molecule has 1 atom stereocenters. The summed E-state index contributed by atoms with van der Waals surface area (Å²) in [6.45, 7) is 8.28. The minimum Gasteiger partial charge on any atom is -0.466 e. The quantitative estimate of drug-likeness (QED) is 0.774. The van der Waals surface area contributed by atoms with Gasteiger partial charge in [-0.25, -0.2) is 4.98 Å². The molecule has 1 saturated heterocycles. The number of aryl methyl sites for hydroxylation is 1. The van der Waals surface area contributed by atoms with E-state index in [2.05, 4.69) is 21.8 Å². The fourth-order valence-electron chi connectivity index (χ4n) is 2.41. The summed E-state index contributed by atoms with van der Waals surface area (Å²) in [6.07, 6.45) is 0.393. The predicted molar refractivity (Wildman–Crippen MR) is 79.9 cm³/mol. The number of carbonyl (C=O) groups is 1. The number of hydrogen-bond donors (Lipinski definition) is 0. The summed E-state index contributed by atoms with van der Waals surface area (Å²) in [5.74, 6) is -0.135. The zero-order valence-corrected chi connectivity index (χ0v) is 13.3. The molecular formula is C14H23N3O2S. The summed E-state index contributed by atoms with van der Waals surface area (Å²) < 4.78 is 5.11. The third-order valence-corrected chi connectivity index (χ3v) is 4.63. The van der Waals surface area contributed by atoms with E-state index in [0.717, 1.165) is 36.9 Å². The second kappa shape index (κ2) is 7.15. The number of carbonyl (C=O) groups excluding carboxylic acids is 1. The molecule has 1 fully saturated rings. The Bertz CT molecular complexity index is 441. The largest absolute Gasteiger partial charge is 0.466 e. The first-order valence-corrected chi connectivity index (χ1v) is 7.98. The third-order valence-electron chi connectivity index (χ3n) is 3.57. The maximum atomic E-state index is 11.9. The van der Waals surface area contributed by atoms with Crippen molar-refractivity contribution in [2.45, 2.75) is 26.3 Å². The normalized spacial score (nSPS) is 18.9. The first-order chi connectivity index (χ1) is 9.60. The van der Waals surface area contributed by atoms with E-state index in [9.17, 15) is 4.79 Å². The van der Waals surface area contributed by atoms with Crippen LogP contribution in [-0.4, -0.2) is 60.6 Å². The maximum absolute atomic E-state index is 11.9. The van der Waals surface area contributed by atoms with E-state index >= 15 is 0 Å². The van der Waals surface area contributed by atoms with Crippen molar-refractivity contribution in [2.24, 2.45) is 0 Å². The molecule has 0 N–H and O–H groups in total. The minimum atomic E-state index is -0.135. The number of aromatic nitrogens is 1. The predicted octanol–water partition coefficient (Wildman–Crippen LogP) is 1.69. The molecule has 0 aromatic carbocycles. The number of thiazole rings is 1. The molecule has 2 heterocycles. The van der Waals surface area contributed by atoms with Crippen LogP contribution in [0.3, 0.4) is 0 Å². The van der Waals surface area contributed by atoms with E-state index in [1.165, 1.54) is 0 Å². The average molecular weight is 297 g/mol. The third kappa shape index (κ3) is 4.01. The second-order valence-corrected chi connectivity index (χ2v) is 6.08. The number of likely N-dealkylation sites (N-methyl/N-ethyl adjacent to an activating group) is 1. The van der Waals surface area contributed by atoms with Crippen LogP contribution >= 0.6 is 11.3 Å². The number of rotatable bonds is 5. The summed E-state index contributed by atoms with van der Waals surface area (Å²) in [7, 11) is 2.13. The first-order valence-electron chi connectivity index (χ1n) is 7.10. The maximum Gasteiger partial charge on any atom is 0.307 e. The number of nitrogens with zero attached hydrogens (tertiary/aromatic N) is 3. The summed E-state index contributed by atoms with van der Waals surface area (Å²) in [5.41, 5.74) is 1.02. The lowest BCUT2D eigenvalue weighted by atomic mass is 10.1. The van der Waals surface area contributed by atoms with Crippen LogP contribution in [0.25, 0.3) is 0 Å². The number of esters is 1. The molecule has 0 amide bonds. The molecule has 6 heteroatoms.